The van der Waals surface area contributed by atoms with Crippen molar-refractivity contribution in [3.05, 3.63) is 69.2 Å². The molecule has 0 atom stereocenters. The Morgan fingerprint density at radius 2 is 1.65 bits per heavy atom. The maximum absolute atomic E-state index is 11.9. The molecule has 0 saturated heterocycles. The molecule has 2 aromatic carbocycles. The van der Waals surface area contributed by atoms with Gasteiger partial charge in [0.15, 0.2) is 0 Å². The quantitative estimate of drug-likeness (QED) is 0.820. The smallest absolute Gasteiger partial charge is 0.315 e. The minimum absolute atomic E-state index is 0.261. The van der Waals surface area contributed by atoms with Gasteiger partial charge in [0.1, 0.15) is 0 Å². The van der Waals surface area contributed by atoms with Crippen molar-refractivity contribution < 1.29 is 9.53 Å². The molecule has 2 aromatic rings. The van der Waals surface area contributed by atoms with Gasteiger partial charge in [-0.05, 0) is 28.8 Å². The minimum atomic E-state index is -0.261. The van der Waals surface area contributed by atoms with Gasteiger partial charge in [-0.1, -0.05) is 53.5 Å². The first-order chi connectivity index (χ1) is 11.1. The van der Waals surface area contributed by atoms with E-state index in [0.717, 1.165) is 16.7 Å². The first-order valence-corrected chi connectivity index (χ1v) is 7.87. The molecule has 2 rings (SSSR count). The van der Waals surface area contributed by atoms with E-state index in [-0.39, 0.29) is 6.03 Å². The largest absolute Gasteiger partial charge is 0.380 e. The van der Waals surface area contributed by atoms with Crippen molar-refractivity contribution in [2.24, 2.45) is 0 Å². The second-order valence-electron chi connectivity index (χ2n) is 4.97. The van der Waals surface area contributed by atoms with Gasteiger partial charge in [0.25, 0.3) is 0 Å². The molecule has 23 heavy (non-hydrogen) atoms. The van der Waals surface area contributed by atoms with Gasteiger partial charge < -0.3 is 15.4 Å². The van der Waals surface area contributed by atoms with Crippen molar-refractivity contribution in [3.63, 3.8) is 0 Å². The molecule has 0 unspecified atom stereocenters. The molecular weight excluding hydrogens is 335 g/mol. The van der Waals surface area contributed by atoms with Crippen LogP contribution in [0.4, 0.5) is 4.79 Å². The monoisotopic (exact) mass is 352 g/mol. The highest BCUT2D eigenvalue weighted by Gasteiger charge is 2.06. The van der Waals surface area contributed by atoms with E-state index in [0.29, 0.717) is 29.7 Å². The van der Waals surface area contributed by atoms with Gasteiger partial charge in [-0.2, -0.15) is 0 Å². The zero-order chi connectivity index (χ0) is 16.7. The average molecular weight is 353 g/mol. The number of benzene rings is 2. The Morgan fingerprint density at radius 3 is 2.30 bits per heavy atom. The average Bonchev–Trinajstić information content (AvgIpc) is 2.53. The van der Waals surface area contributed by atoms with Crippen LogP contribution >= 0.6 is 23.2 Å². The first-order valence-electron chi connectivity index (χ1n) is 7.11. The number of halogens is 2. The van der Waals surface area contributed by atoms with Gasteiger partial charge in [0.2, 0.25) is 0 Å². The van der Waals surface area contributed by atoms with E-state index in [4.69, 9.17) is 27.9 Å². The highest BCUT2D eigenvalue weighted by molar-refractivity contribution is 6.35. The highest BCUT2D eigenvalue weighted by Crippen LogP contribution is 2.20. The van der Waals surface area contributed by atoms with Crippen LogP contribution in [-0.2, 0) is 24.4 Å². The van der Waals surface area contributed by atoms with Crippen molar-refractivity contribution in [2.75, 3.05) is 7.11 Å². The summed E-state index contributed by atoms with van der Waals surface area (Å²) in [7, 11) is 1.65. The molecule has 0 fully saturated rings. The number of hydrogen-bond donors (Lipinski definition) is 2. The Kier molecular flexibility index (Phi) is 6.71. The van der Waals surface area contributed by atoms with E-state index in [1.807, 2.05) is 24.3 Å². The molecule has 0 aliphatic rings. The molecule has 6 heteroatoms. The molecule has 0 aliphatic carbocycles. The molecule has 0 radical (unpaired) electrons. The summed E-state index contributed by atoms with van der Waals surface area (Å²) < 4.78 is 5.15. The fraction of sp³-hybridized carbons (Fsp3) is 0.235. The summed E-state index contributed by atoms with van der Waals surface area (Å²) in [6.07, 6.45) is 0. The minimum Gasteiger partial charge on any atom is -0.380 e. The maximum atomic E-state index is 11.9. The molecule has 0 aromatic heterocycles. The second kappa shape index (κ2) is 8.77. The van der Waals surface area contributed by atoms with E-state index in [1.54, 1.807) is 25.3 Å². The Balaban J connectivity index is 1.86. The van der Waals surface area contributed by atoms with Crippen LogP contribution in [0.1, 0.15) is 16.7 Å². The van der Waals surface area contributed by atoms with Crippen molar-refractivity contribution >= 4 is 29.2 Å². The summed E-state index contributed by atoms with van der Waals surface area (Å²) in [5, 5.41) is 6.69. The molecule has 4 nitrogen and oxygen atoms in total. The number of amides is 2. The third-order valence-corrected chi connectivity index (χ3v) is 3.90. The lowest BCUT2D eigenvalue weighted by Gasteiger charge is -2.11. The molecule has 0 heterocycles. The molecule has 0 saturated carbocycles. The molecule has 122 valence electrons. The lowest BCUT2D eigenvalue weighted by atomic mass is 10.1. The summed E-state index contributed by atoms with van der Waals surface area (Å²) in [4.78, 5) is 11.9. The van der Waals surface area contributed by atoms with Crippen molar-refractivity contribution in [3.8, 4) is 0 Å². The van der Waals surface area contributed by atoms with Gasteiger partial charge in [-0.3, -0.25) is 0 Å². The standard InChI is InChI=1S/C17H18Cl2N2O2/c1-23-11-14-5-3-2-4-12(14)9-20-17(22)21-10-13-6-7-15(18)8-16(13)19/h2-8H,9-11H2,1H3,(H2,20,21,22). The van der Waals surface area contributed by atoms with E-state index in [1.165, 1.54) is 0 Å². The van der Waals surface area contributed by atoms with Crippen LogP contribution in [0.15, 0.2) is 42.5 Å². The predicted octanol–water partition coefficient (Wildman–Crippen LogP) is 4.14. The molecule has 0 aliphatic heterocycles. The van der Waals surface area contributed by atoms with Crippen LogP contribution in [0.5, 0.6) is 0 Å². The number of hydrogen-bond acceptors (Lipinski definition) is 2. The number of methoxy groups -OCH3 is 1. The number of carbonyl (C=O) groups is 1. The first kappa shape index (κ1) is 17.6. The lowest BCUT2D eigenvalue weighted by molar-refractivity contribution is 0.184. The summed E-state index contributed by atoms with van der Waals surface area (Å²) >= 11 is 11.9. The van der Waals surface area contributed by atoms with E-state index >= 15 is 0 Å². The molecule has 2 N–H and O–H groups in total. The molecule has 2 amide bonds. The zero-order valence-corrected chi connectivity index (χ0v) is 14.2. The normalized spacial score (nSPS) is 10.4. The number of ether oxygens (including phenoxy) is 1. The van der Waals surface area contributed by atoms with Crippen LogP contribution in [0.2, 0.25) is 10.0 Å². The zero-order valence-electron chi connectivity index (χ0n) is 12.7. The van der Waals surface area contributed by atoms with E-state index in [9.17, 15) is 4.79 Å². The highest BCUT2D eigenvalue weighted by atomic mass is 35.5. The fourth-order valence-electron chi connectivity index (χ4n) is 2.10. The number of carbonyl (C=O) groups excluding carboxylic acids is 1. The van der Waals surface area contributed by atoms with Gasteiger partial charge in [0, 0.05) is 30.2 Å². The van der Waals surface area contributed by atoms with Crippen molar-refractivity contribution in [1.82, 2.24) is 10.6 Å². The Labute approximate surface area is 145 Å². The SMILES string of the molecule is COCc1ccccc1CNC(=O)NCc1ccc(Cl)cc1Cl. The summed E-state index contributed by atoms with van der Waals surface area (Å²) in [5.41, 5.74) is 2.89. The predicted molar refractivity (Wildman–Crippen MR) is 92.7 cm³/mol. The molecule has 0 spiro atoms. The molecule has 0 bridgehead atoms. The van der Waals surface area contributed by atoms with E-state index < -0.39 is 0 Å². The summed E-state index contributed by atoms with van der Waals surface area (Å²) in [6.45, 7) is 1.28. The van der Waals surface area contributed by atoms with Crippen LogP contribution in [-0.4, -0.2) is 13.1 Å². The molecular formula is C17H18Cl2N2O2. The van der Waals surface area contributed by atoms with Gasteiger partial charge in [-0.25, -0.2) is 4.79 Å². The maximum Gasteiger partial charge on any atom is 0.315 e. The van der Waals surface area contributed by atoms with Gasteiger partial charge >= 0.3 is 6.03 Å². The number of urea groups is 1. The Bertz CT molecular complexity index is 677. The number of rotatable bonds is 6. The van der Waals surface area contributed by atoms with Crippen molar-refractivity contribution in [2.45, 2.75) is 19.7 Å². The summed E-state index contributed by atoms with van der Waals surface area (Å²) in [5.74, 6) is 0. The van der Waals surface area contributed by atoms with Crippen LogP contribution in [0.25, 0.3) is 0 Å². The summed E-state index contributed by atoms with van der Waals surface area (Å²) in [6, 6.07) is 12.7. The van der Waals surface area contributed by atoms with E-state index in [2.05, 4.69) is 10.6 Å². The fourth-order valence-corrected chi connectivity index (χ4v) is 2.58. The topological polar surface area (TPSA) is 50.4 Å². The van der Waals surface area contributed by atoms with Crippen LogP contribution in [0.3, 0.4) is 0 Å². The van der Waals surface area contributed by atoms with Crippen LogP contribution < -0.4 is 10.6 Å². The van der Waals surface area contributed by atoms with Gasteiger partial charge in [-0.15, -0.1) is 0 Å². The lowest BCUT2D eigenvalue weighted by Crippen LogP contribution is -2.34. The number of nitrogens with one attached hydrogen (secondary N) is 2. The Morgan fingerprint density at radius 1 is 1.00 bits per heavy atom. The van der Waals surface area contributed by atoms with Crippen LogP contribution in [0, 0.1) is 0 Å². The second-order valence-corrected chi connectivity index (χ2v) is 5.82. The van der Waals surface area contributed by atoms with Gasteiger partial charge in [0.05, 0.1) is 6.61 Å². The third kappa shape index (κ3) is 5.43. The van der Waals surface area contributed by atoms with Crippen molar-refractivity contribution in [1.29, 1.82) is 0 Å². The Hall–Kier alpha value is -1.75. The third-order valence-electron chi connectivity index (χ3n) is 3.31.